The van der Waals surface area contributed by atoms with Crippen molar-refractivity contribution < 1.29 is 14.6 Å². The van der Waals surface area contributed by atoms with Crippen molar-refractivity contribution in [2.45, 2.75) is 90.1 Å². The van der Waals surface area contributed by atoms with Crippen molar-refractivity contribution in [1.82, 2.24) is 4.90 Å². The van der Waals surface area contributed by atoms with E-state index in [2.05, 4.69) is 4.90 Å². The molecule has 4 heteroatoms. The molecule has 0 aromatic heterocycles. The van der Waals surface area contributed by atoms with Crippen molar-refractivity contribution in [3.8, 4) is 0 Å². The Hall–Kier alpha value is -0.610. The van der Waals surface area contributed by atoms with Gasteiger partial charge in [0.05, 0.1) is 12.7 Å². The van der Waals surface area contributed by atoms with Gasteiger partial charge in [-0.3, -0.25) is 4.79 Å². The second-order valence-corrected chi connectivity index (χ2v) is 6.90. The second kappa shape index (κ2) is 13.8. The smallest absolute Gasteiger partial charge is 0.305 e. The Morgan fingerprint density at radius 3 is 2.39 bits per heavy atom. The maximum Gasteiger partial charge on any atom is 0.305 e. The van der Waals surface area contributed by atoms with Crippen LogP contribution < -0.4 is 0 Å². The standard InChI is InChI=1S/C19H37NO3/c1-2-16-23-19(22)13-9-6-4-3-5-8-12-18(21)17-20-14-10-7-11-15-20/h18,21H,2-17H2,1H3/t18-/m1/s1. The molecule has 23 heavy (non-hydrogen) atoms. The third kappa shape index (κ3) is 11.5. The van der Waals surface area contributed by atoms with Gasteiger partial charge in [-0.25, -0.2) is 0 Å². The number of hydrogen-bond donors (Lipinski definition) is 1. The summed E-state index contributed by atoms with van der Waals surface area (Å²) >= 11 is 0. The van der Waals surface area contributed by atoms with Crippen LogP contribution in [0.1, 0.15) is 84.0 Å². The summed E-state index contributed by atoms with van der Waals surface area (Å²) in [4.78, 5) is 13.7. The maximum absolute atomic E-state index is 11.3. The molecule has 1 heterocycles. The zero-order valence-corrected chi connectivity index (χ0v) is 15.1. The normalized spacial score (nSPS) is 17.1. The Bertz CT molecular complexity index is 290. The number of esters is 1. The summed E-state index contributed by atoms with van der Waals surface area (Å²) in [6.07, 6.45) is 12.9. The minimum absolute atomic E-state index is 0.0484. The number of carbonyl (C=O) groups is 1. The summed E-state index contributed by atoms with van der Waals surface area (Å²) < 4.78 is 5.05. The van der Waals surface area contributed by atoms with Gasteiger partial charge in [0.15, 0.2) is 0 Å². The third-order valence-corrected chi connectivity index (χ3v) is 4.55. The Labute approximate surface area is 142 Å². The van der Waals surface area contributed by atoms with E-state index in [-0.39, 0.29) is 12.1 Å². The monoisotopic (exact) mass is 327 g/mol. The number of rotatable bonds is 13. The van der Waals surface area contributed by atoms with Gasteiger partial charge in [-0.05, 0) is 45.2 Å². The van der Waals surface area contributed by atoms with Gasteiger partial charge < -0.3 is 14.7 Å². The molecule has 0 aromatic rings. The van der Waals surface area contributed by atoms with Gasteiger partial charge >= 0.3 is 5.97 Å². The molecule has 1 atom stereocenters. The number of nitrogens with zero attached hydrogens (tertiary/aromatic N) is 1. The fourth-order valence-electron chi connectivity index (χ4n) is 3.18. The average molecular weight is 328 g/mol. The first-order chi connectivity index (χ1) is 11.2. The van der Waals surface area contributed by atoms with E-state index >= 15 is 0 Å². The average Bonchev–Trinajstić information content (AvgIpc) is 2.56. The fourth-order valence-corrected chi connectivity index (χ4v) is 3.18. The predicted octanol–water partition coefficient (Wildman–Crippen LogP) is 3.91. The summed E-state index contributed by atoms with van der Waals surface area (Å²) in [7, 11) is 0. The van der Waals surface area contributed by atoms with Gasteiger partial charge in [-0.1, -0.05) is 45.4 Å². The van der Waals surface area contributed by atoms with E-state index in [1.54, 1.807) is 0 Å². The maximum atomic E-state index is 11.3. The fraction of sp³-hybridized carbons (Fsp3) is 0.947. The molecule has 1 N–H and O–H groups in total. The molecular weight excluding hydrogens is 290 g/mol. The first-order valence-corrected chi connectivity index (χ1v) is 9.78. The SMILES string of the molecule is CCCOC(=O)CCCCCCCC[C@@H](O)CN1CCCCC1. The van der Waals surface area contributed by atoms with E-state index in [4.69, 9.17) is 4.74 Å². The van der Waals surface area contributed by atoms with Crippen molar-refractivity contribution in [2.75, 3.05) is 26.2 Å². The Balaban J connectivity index is 1.84. The lowest BCUT2D eigenvalue weighted by atomic mass is 10.0. The topological polar surface area (TPSA) is 49.8 Å². The van der Waals surface area contributed by atoms with Gasteiger partial charge in [-0.2, -0.15) is 0 Å². The van der Waals surface area contributed by atoms with Gasteiger partial charge in [0.25, 0.3) is 0 Å². The second-order valence-electron chi connectivity index (χ2n) is 6.90. The predicted molar refractivity (Wildman–Crippen MR) is 94.5 cm³/mol. The third-order valence-electron chi connectivity index (χ3n) is 4.55. The van der Waals surface area contributed by atoms with Crippen LogP contribution in [0.15, 0.2) is 0 Å². The quantitative estimate of drug-likeness (QED) is 0.412. The molecule has 136 valence electrons. The van der Waals surface area contributed by atoms with E-state index in [0.29, 0.717) is 13.0 Å². The van der Waals surface area contributed by atoms with Crippen molar-refractivity contribution in [1.29, 1.82) is 0 Å². The highest BCUT2D eigenvalue weighted by molar-refractivity contribution is 5.69. The summed E-state index contributed by atoms with van der Waals surface area (Å²) in [5.41, 5.74) is 0. The summed E-state index contributed by atoms with van der Waals surface area (Å²) in [5, 5.41) is 10.1. The minimum atomic E-state index is -0.151. The lowest BCUT2D eigenvalue weighted by molar-refractivity contribution is -0.143. The molecule has 0 amide bonds. The molecule has 0 unspecified atom stereocenters. The number of hydrogen-bond acceptors (Lipinski definition) is 4. The summed E-state index contributed by atoms with van der Waals surface area (Å²) in [6, 6.07) is 0. The largest absolute Gasteiger partial charge is 0.466 e. The zero-order valence-electron chi connectivity index (χ0n) is 15.1. The van der Waals surface area contributed by atoms with Crippen LogP contribution in [0.5, 0.6) is 0 Å². The molecule has 0 spiro atoms. The van der Waals surface area contributed by atoms with Crippen LogP contribution in [0.4, 0.5) is 0 Å². The Morgan fingerprint density at radius 1 is 1.04 bits per heavy atom. The van der Waals surface area contributed by atoms with Gasteiger partial charge in [0.2, 0.25) is 0 Å². The van der Waals surface area contributed by atoms with E-state index in [0.717, 1.165) is 51.7 Å². The number of carbonyl (C=O) groups excluding carboxylic acids is 1. The van der Waals surface area contributed by atoms with Crippen molar-refractivity contribution in [2.24, 2.45) is 0 Å². The van der Waals surface area contributed by atoms with Crippen LogP contribution in [0, 0.1) is 0 Å². The molecule has 4 nitrogen and oxygen atoms in total. The highest BCUT2D eigenvalue weighted by atomic mass is 16.5. The zero-order chi connectivity index (χ0) is 16.8. The summed E-state index contributed by atoms with van der Waals surface area (Å²) in [5.74, 6) is -0.0484. The van der Waals surface area contributed by atoms with Crippen LogP contribution in [-0.4, -0.2) is 48.3 Å². The molecule has 0 aliphatic carbocycles. The Morgan fingerprint density at radius 2 is 1.70 bits per heavy atom. The number of piperidine rings is 1. The summed E-state index contributed by atoms with van der Waals surface area (Å²) in [6.45, 7) is 5.75. The van der Waals surface area contributed by atoms with Crippen LogP contribution in [0.3, 0.4) is 0 Å². The highest BCUT2D eigenvalue weighted by Crippen LogP contribution is 2.13. The molecule has 1 aliphatic rings. The molecule has 0 aromatic carbocycles. The van der Waals surface area contributed by atoms with E-state index in [9.17, 15) is 9.90 Å². The molecule has 1 fully saturated rings. The highest BCUT2D eigenvalue weighted by Gasteiger charge is 2.14. The van der Waals surface area contributed by atoms with Crippen LogP contribution in [0.2, 0.25) is 0 Å². The van der Waals surface area contributed by atoms with Gasteiger partial charge in [-0.15, -0.1) is 0 Å². The minimum Gasteiger partial charge on any atom is -0.466 e. The number of ether oxygens (including phenoxy) is 1. The lowest BCUT2D eigenvalue weighted by Gasteiger charge is -2.28. The van der Waals surface area contributed by atoms with E-state index < -0.39 is 0 Å². The molecular formula is C19H37NO3. The number of β-amino-alcohol motifs (C(OH)–C–C–N with tert-alkyl or cyclic N) is 1. The molecule has 0 saturated carbocycles. The van der Waals surface area contributed by atoms with Crippen molar-refractivity contribution in [3.05, 3.63) is 0 Å². The first-order valence-electron chi connectivity index (χ1n) is 9.78. The number of aliphatic hydroxyl groups excluding tert-OH is 1. The van der Waals surface area contributed by atoms with Gasteiger partial charge in [0, 0.05) is 13.0 Å². The van der Waals surface area contributed by atoms with Crippen LogP contribution in [0.25, 0.3) is 0 Å². The molecule has 1 saturated heterocycles. The van der Waals surface area contributed by atoms with Gasteiger partial charge in [0.1, 0.15) is 0 Å². The molecule has 0 radical (unpaired) electrons. The van der Waals surface area contributed by atoms with Crippen molar-refractivity contribution in [3.63, 3.8) is 0 Å². The van der Waals surface area contributed by atoms with Crippen molar-refractivity contribution >= 4 is 5.97 Å². The van der Waals surface area contributed by atoms with E-state index in [1.165, 1.54) is 38.5 Å². The number of likely N-dealkylation sites (tertiary alicyclic amines) is 1. The molecule has 1 rings (SSSR count). The first kappa shape index (κ1) is 20.4. The molecule has 0 bridgehead atoms. The van der Waals surface area contributed by atoms with E-state index in [1.807, 2.05) is 6.92 Å². The molecule has 1 aliphatic heterocycles. The van der Waals surface area contributed by atoms with Crippen LogP contribution in [-0.2, 0) is 9.53 Å². The number of aliphatic hydroxyl groups is 1. The number of unbranched alkanes of at least 4 members (excludes halogenated alkanes) is 5. The lowest BCUT2D eigenvalue weighted by Crippen LogP contribution is -2.36. The Kier molecular flexibility index (Phi) is 12.3. The van der Waals surface area contributed by atoms with Crippen LogP contribution >= 0.6 is 0 Å².